The lowest BCUT2D eigenvalue weighted by Gasteiger charge is -2.09. The Kier molecular flexibility index (Phi) is 4.78. The van der Waals surface area contributed by atoms with E-state index in [4.69, 9.17) is 5.11 Å². The Morgan fingerprint density at radius 2 is 2.22 bits per heavy atom. The third kappa shape index (κ3) is 3.56. The molecule has 0 saturated heterocycles. The summed E-state index contributed by atoms with van der Waals surface area (Å²) in [7, 11) is 0. The van der Waals surface area contributed by atoms with Gasteiger partial charge in [0.1, 0.15) is 4.88 Å². The van der Waals surface area contributed by atoms with E-state index in [-0.39, 0.29) is 0 Å². The summed E-state index contributed by atoms with van der Waals surface area (Å²) in [4.78, 5) is 12.4. The second-order valence-electron chi connectivity index (χ2n) is 5.11. The van der Waals surface area contributed by atoms with Gasteiger partial charge in [0.05, 0.1) is 0 Å². The van der Waals surface area contributed by atoms with Gasteiger partial charge in [0.15, 0.2) is 0 Å². The van der Waals surface area contributed by atoms with Crippen LogP contribution >= 0.6 is 11.3 Å². The summed E-state index contributed by atoms with van der Waals surface area (Å²) in [6, 6.07) is 1.80. The molecule has 0 bridgehead atoms. The monoisotopic (exact) mass is 267 g/mol. The van der Waals surface area contributed by atoms with Gasteiger partial charge in [-0.15, -0.1) is 11.3 Å². The Bertz CT molecular complexity index is 408. The highest BCUT2D eigenvalue weighted by atomic mass is 32.1. The maximum absolute atomic E-state index is 10.9. The lowest BCUT2D eigenvalue weighted by molar-refractivity contribution is 0.0702. The number of thiophene rings is 1. The fraction of sp³-hybridized carbons (Fsp3) is 0.643. The molecule has 1 aromatic heterocycles. The number of hydrogen-bond donors (Lipinski definition) is 2. The van der Waals surface area contributed by atoms with Crippen molar-refractivity contribution in [1.82, 2.24) is 5.32 Å². The zero-order chi connectivity index (χ0) is 13.0. The number of carbonyl (C=O) groups is 1. The van der Waals surface area contributed by atoms with Crippen molar-refractivity contribution in [2.24, 2.45) is 5.92 Å². The minimum atomic E-state index is -0.819. The number of carboxylic acids is 1. The molecule has 0 radical (unpaired) electrons. The SMILES string of the molecule is Cc1sc(C(=O)O)cc1CNCCC1CCCC1. The van der Waals surface area contributed by atoms with Crippen molar-refractivity contribution < 1.29 is 9.90 Å². The minimum Gasteiger partial charge on any atom is -0.477 e. The third-order valence-electron chi connectivity index (χ3n) is 3.75. The van der Waals surface area contributed by atoms with Gasteiger partial charge in [0.25, 0.3) is 0 Å². The highest BCUT2D eigenvalue weighted by Gasteiger charge is 2.14. The molecule has 1 aliphatic carbocycles. The maximum Gasteiger partial charge on any atom is 0.345 e. The van der Waals surface area contributed by atoms with E-state index in [1.165, 1.54) is 43.4 Å². The standard InChI is InChI=1S/C14H21NO2S/c1-10-12(8-13(18-10)14(16)17)9-15-7-6-11-4-2-3-5-11/h8,11,15H,2-7,9H2,1H3,(H,16,17). The molecule has 1 saturated carbocycles. The molecule has 0 aliphatic heterocycles. The number of nitrogens with one attached hydrogen (secondary N) is 1. The quantitative estimate of drug-likeness (QED) is 0.776. The molecular formula is C14H21NO2S. The van der Waals surface area contributed by atoms with Crippen LogP contribution in [0.4, 0.5) is 0 Å². The molecule has 0 aromatic carbocycles. The molecule has 3 nitrogen and oxygen atoms in total. The largest absolute Gasteiger partial charge is 0.477 e. The van der Waals surface area contributed by atoms with Gasteiger partial charge in [-0.1, -0.05) is 25.7 Å². The molecule has 1 aromatic rings. The summed E-state index contributed by atoms with van der Waals surface area (Å²) in [6.07, 6.45) is 6.84. The van der Waals surface area contributed by atoms with Crippen LogP contribution in [0.3, 0.4) is 0 Å². The van der Waals surface area contributed by atoms with Crippen LogP contribution in [0.25, 0.3) is 0 Å². The fourth-order valence-electron chi connectivity index (χ4n) is 2.63. The number of hydrogen-bond acceptors (Lipinski definition) is 3. The van der Waals surface area contributed by atoms with E-state index in [0.29, 0.717) is 4.88 Å². The van der Waals surface area contributed by atoms with Crippen molar-refractivity contribution in [3.8, 4) is 0 Å². The van der Waals surface area contributed by atoms with Crippen LogP contribution in [0.5, 0.6) is 0 Å². The number of aryl methyl sites for hydroxylation is 1. The van der Waals surface area contributed by atoms with Gasteiger partial charge >= 0.3 is 5.97 Å². The molecule has 2 N–H and O–H groups in total. The average Bonchev–Trinajstić information content (AvgIpc) is 2.94. The van der Waals surface area contributed by atoms with Crippen molar-refractivity contribution in [1.29, 1.82) is 0 Å². The van der Waals surface area contributed by atoms with Crippen LogP contribution in [-0.4, -0.2) is 17.6 Å². The van der Waals surface area contributed by atoms with Crippen LogP contribution in [0.15, 0.2) is 6.07 Å². The first kappa shape index (κ1) is 13.6. The molecule has 0 amide bonds. The van der Waals surface area contributed by atoms with Gasteiger partial charge in [-0.3, -0.25) is 0 Å². The lowest BCUT2D eigenvalue weighted by Crippen LogP contribution is -2.17. The second kappa shape index (κ2) is 6.34. The molecule has 18 heavy (non-hydrogen) atoms. The Balaban J connectivity index is 1.74. The van der Waals surface area contributed by atoms with E-state index in [2.05, 4.69) is 5.32 Å². The van der Waals surface area contributed by atoms with E-state index in [1.54, 1.807) is 6.07 Å². The van der Waals surface area contributed by atoms with Crippen molar-refractivity contribution in [3.05, 3.63) is 21.4 Å². The first-order chi connectivity index (χ1) is 8.66. The molecular weight excluding hydrogens is 246 g/mol. The van der Waals surface area contributed by atoms with E-state index >= 15 is 0 Å². The van der Waals surface area contributed by atoms with Crippen molar-refractivity contribution in [2.45, 2.75) is 45.6 Å². The summed E-state index contributed by atoms with van der Waals surface area (Å²) in [6.45, 7) is 3.83. The van der Waals surface area contributed by atoms with E-state index < -0.39 is 5.97 Å². The Morgan fingerprint density at radius 1 is 1.50 bits per heavy atom. The molecule has 2 rings (SSSR count). The van der Waals surface area contributed by atoms with Crippen molar-refractivity contribution >= 4 is 17.3 Å². The molecule has 0 atom stereocenters. The van der Waals surface area contributed by atoms with Gasteiger partial charge in [-0.2, -0.15) is 0 Å². The van der Waals surface area contributed by atoms with E-state index in [1.807, 2.05) is 6.92 Å². The molecule has 1 aliphatic rings. The molecule has 1 fully saturated rings. The third-order valence-corrected chi connectivity index (χ3v) is 4.83. The van der Waals surface area contributed by atoms with Gasteiger partial charge < -0.3 is 10.4 Å². The van der Waals surface area contributed by atoms with Crippen LogP contribution in [0.2, 0.25) is 0 Å². The second-order valence-corrected chi connectivity index (χ2v) is 6.37. The summed E-state index contributed by atoms with van der Waals surface area (Å²) < 4.78 is 0. The number of rotatable bonds is 6. The number of aromatic carboxylic acids is 1. The Labute approximate surface area is 112 Å². The zero-order valence-electron chi connectivity index (χ0n) is 10.9. The van der Waals surface area contributed by atoms with Gasteiger partial charge in [-0.05, 0) is 37.4 Å². The Morgan fingerprint density at radius 3 is 2.83 bits per heavy atom. The molecule has 1 heterocycles. The van der Waals surface area contributed by atoms with E-state index in [9.17, 15) is 4.79 Å². The first-order valence-electron chi connectivity index (χ1n) is 6.70. The molecule has 0 spiro atoms. The van der Waals surface area contributed by atoms with Crippen molar-refractivity contribution in [3.63, 3.8) is 0 Å². The summed E-state index contributed by atoms with van der Waals surface area (Å²) >= 11 is 1.37. The number of carboxylic acid groups (broad SMARTS) is 1. The van der Waals surface area contributed by atoms with Crippen LogP contribution in [0.1, 0.15) is 52.2 Å². The zero-order valence-corrected chi connectivity index (χ0v) is 11.7. The molecule has 100 valence electrons. The van der Waals surface area contributed by atoms with Gasteiger partial charge in [0, 0.05) is 11.4 Å². The van der Waals surface area contributed by atoms with E-state index in [0.717, 1.165) is 29.4 Å². The molecule has 4 heteroatoms. The first-order valence-corrected chi connectivity index (χ1v) is 7.52. The lowest BCUT2D eigenvalue weighted by atomic mass is 10.0. The smallest absolute Gasteiger partial charge is 0.345 e. The Hall–Kier alpha value is -0.870. The topological polar surface area (TPSA) is 49.3 Å². The average molecular weight is 267 g/mol. The minimum absolute atomic E-state index is 0.445. The summed E-state index contributed by atoms with van der Waals surface area (Å²) in [5, 5.41) is 12.4. The highest BCUT2D eigenvalue weighted by molar-refractivity contribution is 7.14. The van der Waals surface area contributed by atoms with Crippen LogP contribution < -0.4 is 5.32 Å². The summed E-state index contributed by atoms with van der Waals surface area (Å²) in [5.41, 5.74) is 1.13. The normalized spacial score (nSPS) is 16.3. The van der Waals surface area contributed by atoms with Gasteiger partial charge in [0.2, 0.25) is 0 Å². The predicted octanol–water partition coefficient (Wildman–Crippen LogP) is 3.42. The van der Waals surface area contributed by atoms with Gasteiger partial charge in [-0.25, -0.2) is 4.79 Å². The fourth-order valence-corrected chi connectivity index (χ4v) is 3.51. The summed E-state index contributed by atoms with van der Waals surface area (Å²) in [5.74, 6) is 0.0935. The maximum atomic E-state index is 10.9. The van der Waals surface area contributed by atoms with Crippen LogP contribution in [-0.2, 0) is 6.54 Å². The predicted molar refractivity (Wildman–Crippen MR) is 74.3 cm³/mol. The highest BCUT2D eigenvalue weighted by Crippen LogP contribution is 2.27. The van der Waals surface area contributed by atoms with Crippen molar-refractivity contribution in [2.75, 3.05) is 6.54 Å². The van der Waals surface area contributed by atoms with Crippen LogP contribution in [0, 0.1) is 12.8 Å². The molecule has 0 unspecified atom stereocenters.